The lowest BCUT2D eigenvalue weighted by Gasteiger charge is -2.40. The second kappa shape index (κ2) is 4.65. The van der Waals surface area contributed by atoms with Gasteiger partial charge in [0.1, 0.15) is 5.82 Å². The highest BCUT2D eigenvalue weighted by atomic mass is 19.1. The molecule has 0 radical (unpaired) electrons. The van der Waals surface area contributed by atoms with Crippen molar-refractivity contribution < 1.29 is 9.50 Å². The van der Waals surface area contributed by atoms with Crippen molar-refractivity contribution in [1.29, 1.82) is 0 Å². The van der Waals surface area contributed by atoms with Gasteiger partial charge in [0.25, 0.3) is 0 Å². The first-order valence-electron chi connectivity index (χ1n) is 6.17. The average molecular weight is 237 g/mol. The molecule has 0 unspecified atom stereocenters. The van der Waals surface area contributed by atoms with Gasteiger partial charge in [-0.2, -0.15) is 0 Å². The Kier molecular flexibility index (Phi) is 3.38. The normalized spacial score (nSPS) is 19.4. The standard InChI is InChI=1S/C14H20FNO/c1-14(2)7-4-8-16(10-14)13-11(9-17)5-3-6-12(13)15/h3,5-6,17H,4,7-10H2,1-2H3. The Balaban J connectivity index is 2.33. The Bertz CT molecular complexity index is 403. The van der Waals surface area contributed by atoms with Gasteiger partial charge in [-0.15, -0.1) is 0 Å². The number of anilines is 1. The molecule has 1 heterocycles. The predicted molar refractivity (Wildman–Crippen MR) is 67.6 cm³/mol. The summed E-state index contributed by atoms with van der Waals surface area (Å²) in [5.41, 5.74) is 1.48. The second-order valence-corrected chi connectivity index (χ2v) is 5.60. The molecule has 1 aliphatic heterocycles. The number of rotatable bonds is 2. The first-order valence-corrected chi connectivity index (χ1v) is 6.17. The lowest BCUT2D eigenvalue weighted by Crippen LogP contribution is -2.41. The molecule has 0 amide bonds. The molecule has 0 bridgehead atoms. The fourth-order valence-electron chi connectivity index (χ4n) is 2.66. The van der Waals surface area contributed by atoms with Crippen LogP contribution in [0.4, 0.5) is 10.1 Å². The van der Waals surface area contributed by atoms with Gasteiger partial charge in [0.2, 0.25) is 0 Å². The Morgan fingerprint density at radius 1 is 1.41 bits per heavy atom. The molecule has 2 nitrogen and oxygen atoms in total. The number of benzene rings is 1. The van der Waals surface area contributed by atoms with E-state index in [-0.39, 0.29) is 17.8 Å². The quantitative estimate of drug-likeness (QED) is 0.855. The van der Waals surface area contributed by atoms with Crippen molar-refractivity contribution in [3.63, 3.8) is 0 Å². The smallest absolute Gasteiger partial charge is 0.146 e. The van der Waals surface area contributed by atoms with E-state index in [0.717, 1.165) is 19.5 Å². The topological polar surface area (TPSA) is 23.5 Å². The van der Waals surface area contributed by atoms with Crippen molar-refractivity contribution in [2.24, 2.45) is 5.41 Å². The molecule has 2 rings (SSSR count). The minimum absolute atomic E-state index is 0.107. The zero-order valence-electron chi connectivity index (χ0n) is 10.5. The van der Waals surface area contributed by atoms with E-state index in [0.29, 0.717) is 11.3 Å². The Morgan fingerprint density at radius 2 is 2.18 bits per heavy atom. The highest BCUT2D eigenvalue weighted by Crippen LogP contribution is 2.34. The van der Waals surface area contributed by atoms with E-state index in [9.17, 15) is 9.50 Å². The van der Waals surface area contributed by atoms with Crippen molar-refractivity contribution in [2.45, 2.75) is 33.3 Å². The largest absolute Gasteiger partial charge is 0.392 e. The third kappa shape index (κ3) is 2.60. The maximum atomic E-state index is 13.9. The molecule has 1 N–H and O–H groups in total. The minimum atomic E-state index is -0.228. The lowest BCUT2D eigenvalue weighted by molar-refractivity contribution is 0.275. The van der Waals surface area contributed by atoms with Crippen molar-refractivity contribution in [3.8, 4) is 0 Å². The van der Waals surface area contributed by atoms with Crippen LogP contribution < -0.4 is 4.90 Å². The molecule has 0 saturated carbocycles. The fraction of sp³-hybridized carbons (Fsp3) is 0.571. The van der Waals surface area contributed by atoms with E-state index in [4.69, 9.17) is 0 Å². The fourth-order valence-corrected chi connectivity index (χ4v) is 2.66. The monoisotopic (exact) mass is 237 g/mol. The zero-order chi connectivity index (χ0) is 12.5. The van der Waals surface area contributed by atoms with Crippen LogP contribution >= 0.6 is 0 Å². The molecule has 1 aromatic carbocycles. The van der Waals surface area contributed by atoms with Crippen LogP contribution in [0.3, 0.4) is 0 Å². The molecule has 1 saturated heterocycles. The highest BCUT2D eigenvalue weighted by Gasteiger charge is 2.28. The van der Waals surface area contributed by atoms with Crippen molar-refractivity contribution >= 4 is 5.69 Å². The van der Waals surface area contributed by atoms with Crippen LogP contribution in [-0.4, -0.2) is 18.2 Å². The summed E-state index contributed by atoms with van der Waals surface area (Å²) in [7, 11) is 0. The van der Waals surface area contributed by atoms with Crippen LogP contribution in [0.25, 0.3) is 0 Å². The minimum Gasteiger partial charge on any atom is -0.392 e. The SMILES string of the molecule is CC1(C)CCCN(c2c(F)cccc2CO)C1. The first kappa shape index (κ1) is 12.4. The number of piperidine rings is 1. The molecule has 0 aliphatic carbocycles. The Hall–Kier alpha value is -1.09. The third-order valence-corrected chi connectivity index (χ3v) is 3.46. The molecular weight excluding hydrogens is 217 g/mol. The number of para-hydroxylation sites is 1. The van der Waals surface area contributed by atoms with Gasteiger partial charge >= 0.3 is 0 Å². The molecule has 0 aromatic heterocycles. The molecule has 0 atom stereocenters. The third-order valence-electron chi connectivity index (χ3n) is 3.46. The summed E-state index contributed by atoms with van der Waals surface area (Å²) in [6.07, 6.45) is 2.25. The van der Waals surface area contributed by atoms with Gasteiger partial charge in [-0.05, 0) is 24.3 Å². The van der Waals surface area contributed by atoms with Gasteiger partial charge in [0, 0.05) is 18.7 Å². The molecular formula is C14H20FNO. The maximum absolute atomic E-state index is 13.9. The number of halogens is 1. The van der Waals surface area contributed by atoms with Crippen LogP contribution in [0.1, 0.15) is 32.3 Å². The molecule has 1 fully saturated rings. The summed E-state index contributed by atoms with van der Waals surface area (Å²) < 4.78 is 13.9. The molecule has 1 aliphatic rings. The number of nitrogens with zero attached hydrogens (tertiary/aromatic N) is 1. The summed E-state index contributed by atoms with van der Waals surface area (Å²) in [5.74, 6) is -0.228. The van der Waals surface area contributed by atoms with E-state index < -0.39 is 0 Å². The number of aliphatic hydroxyl groups excluding tert-OH is 1. The van der Waals surface area contributed by atoms with E-state index in [1.807, 2.05) is 0 Å². The van der Waals surface area contributed by atoms with Crippen molar-refractivity contribution in [1.82, 2.24) is 0 Å². The van der Waals surface area contributed by atoms with Crippen LogP contribution in [0.5, 0.6) is 0 Å². The summed E-state index contributed by atoms with van der Waals surface area (Å²) in [5, 5.41) is 9.31. The summed E-state index contributed by atoms with van der Waals surface area (Å²) in [4.78, 5) is 2.07. The van der Waals surface area contributed by atoms with Crippen LogP contribution in [-0.2, 0) is 6.61 Å². The molecule has 94 valence electrons. The van der Waals surface area contributed by atoms with Gasteiger partial charge in [0.05, 0.1) is 12.3 Å². The molecule has 3 heteroatoms. The van der Waals surface area contributed by atoms with Crippen molar-refractivity contribution in [3.05, 3.63) is 29.6 Å². The predicted octanol–water partition coefficient (Wildman–Crippen LogP) is 2.94. The number of aliphatic hydroxyl groups is 1. The van der Waals surface area contributed by atoms with Gasteiger partial charge in [-0.25, -0.2) is 4.39 Å². The van der Waals surface area contributed by atoms with Crippen LogP contribution in [0.2, 0.25) is 0 Å². The maximum Gasteiger partial charge on any atom is 0.146 e. The summed E-state index contributed by atoms with van der Waals surface area (Å²) in [6, 6.07) is 4.91. The Morgan fingerprint density at radius 3 is 2.82 bits per heavy atom. The van der Waals surface area contributed by atoms with E-state index >= 15 is 0 Å². The van der Waals surface area contributed by atoms with Gasteiger partial charge in [-0.3, -0.25) is 0 Å². The van der Waals surface area contributed by atoms with Crippen LogP contribution in [0, 0.1) is 11.2 Å². The Labute approximate surface area is 102 Å². The molecule has 0 spiro atoms. The van der Waals surface area contributed by atoms with E-state index in [1.54, 1.807) is 12.1 Å². The molecule has 1 aromatic rings. The molecule has 17 heavy (non-hydrogen) atoms. The van der Waals surface area contributed by atoms with Crippen LogP contribution in [0.15, 0.2) is 18.2 Å². The van der Waals surface area contributed by atoms with Crippen molar-refractivity contribution in [2.75, 3.05) is 18.0 Å². The lowest BCUT2D eigenvalue weighted by atomic mass is 9.84. The van der Waals surface area contributed by atoms with Gasteiger partial charge in [0.15, 0.2) is 0 Å². The van der Waals surface area contributed by atoms with Gasteiger partial charge < -0.3 is 10.0 Å². The average Bonchev–Trinajstić information content (AvgIpc) is 2.27. The number of hydrogen-bond acceptors (Lipinski definition) is 2. The highest BCUT2D eigenvalue weighted by molar-refractivity contribution is 5.55. The summed E-state index contributed by atoms with van der Waals surface area (Å²) >= 11 is 0. The van der Waals surface area contributed by atoms with Gasteiger partial charge in [-0.1, -0.05) is 26.0 Å². The van der Waals surface area contributed by atoms with E-state index in [1.165, 1.54) is 12.5 Å². The number of hydrogen-bond donors (Lipinski definition) is 1. The zero-order valence-corrected chi connectivity index (χ0v) is 10.5. The summed E-state index contributed by atoms with van der Waals surface area (Å²) in [6.45, 7) is 6.03. The first-order chi connectivity index (χ1) is 8.03. The second-order valence-electron chi connectivity index (χ2n) is 5.60. The van der Waals surface area contributed by atoms with E-state index in [2.05, 4.69) is 18.7 Å².